The summed E-state index contributed by atoms with van der Waals surface area (Å²) >= 11 is 0. The van der Waals surface area contributed by atoms with Crippen LogP contribution in [0.2, 0.25) is 25.7 Å². The van der Waals surface area contributed by atoms with Crippen molar-refractivity contribution in [2.45, 2.75) is 50.9 Å². The number of nitriles is 1. The SMILES string of the molecule is [C-]#[N+]c1ccc(C(=O)N2CCN(CC(CC#N)n3cc(-c4ncnc5c4ccn5COCC[Si](C)(C)C)cn3)C(COC)C2)c(F)c1. The number of carbonyl (C=O) groups excluding carboxylic acids is 1. The molecule has 0 bridgehead atoms. The molecule has 5 rings (SSSR count). The number of methoxy groups -OCH3 is 1. The van der Waals surface area contributed by atoms with Crippen LogP contribution in [0.25, 0.3) is 27.1 Å². The van der Waals surface area contributed by atoms with Gasteiger partial charge in [-0.15, -0.1) is 0 Å². The molecule has 1 aromatic carbocycles. The smallest absolute Gasteiger partial charge is 0.256 e. The van der Waals surface area contributed by atoms with Crippen molar-refractivity contribution in [3.8, 4) is 17.3 Å². The standard InChI is InChI=1S/C33H40FN9O3Si/c1-36-25-6-7-28(30(34)16-25)33(44)41-13-12-40(27(20-41)21-45-2)19-26(8-10-35)43-18-24(17-39-43)31-29-9-11-42(32(29)38-22-37-31)23-46-14-15-47(3,4)5/h6-7,9,11,16-18,22,26-27H,8,12-15,19-21,23H2,2-5H3. The molecule has 0 saturated carbocycles. The fraction of sp³-hybridized carbons (Fsp3) is 0.455. The van der Waals surface area contributed by atoms with Crippen molar-refractivity contribution >= 4 is 30.7 Å². The van der Waals surface area contributed by atoms with Crippen LogP contribution in [0, 0.1) is 23.7 Å². The van der Waals surface area contributed by atoms with E-state index in [4.69, 9.17) is 16.0 Å². The van der Waals surface area contributed by atoms with Gasteiger partial charge in [-0.1, -0.05) is 31.8 Å². The number of amides is 1. The first-order valence-electron chi connectivity index (χ1n) is 15.6. The number of hydrogen-bond acceptors (Lipinski definition) is 8. The summed E-state index contributed by atoms with van der Waals surface area (Å²) in [6.45, 7) is 17.3. The summed E-state index contributed by atoms with van der Waals surface area (Å²) in [5.41, 5.74) is 2.43. The van der Waals surface area contributed by atoms with Crippen molar-refractivity contribution in [2.75, 3.05) is 46.5 Å². The Morgan fingerprint density at radius 3 is 2.81 bits per heavy atom. The van der Waals surface area contributed by atoms with E-state index in [-0.39, 0.29) is 29.8 Å². The summed E-state index contributed by atoms with van der Waals surface area (Å²) in [4.78, 5) is 29.4. The van der Waals surface area contributed by atoms with Gasteiger partial charge in [0.15, 0.2) is 5.69 Å². The normalized spacial score (nSPS) is 16.2. The topological polar surface area (TPSA) is 119 Å². The molecule has 12 nitrogen and oxygen atoms in total. The van der Waals surface area contributed by atoms with Crippen LogP contribution in [-0.4, -0.2) is 101 Å². The average molecular weight is 658 g/mol. The van der Waals surface area contributed by atoms with Crippen LogP contribution in [0.3, 0.4) is 0 Å². The second kappa shape index (κ2) is 15.0. The third-order valence-electron chi connectivity index (χ3n) is 8.37. The maximum atomic E-state index is 14.6. The van der Waals surface area contributed by atoms with E-state index < -0.39 is 19.8 Å². The van der Waals surface area contributed by atoms with Gasteiger partial charge in [-0.3, -0.25) is 14.4 Å². The minimum atomic E-state index is -1.18. The van der Waals surface area contributed by atoms with Crippen LogP contribution in [0.1, 0.15) is 22.8 Å². The zero-order valence-electron chi connectivity index (χ0n) is 27.3. The number of benzene rings is 1. The first-order chi connectivity index (χ1) is 22.6. The van der Waals surface area contributed by atoms with Gasteiger partial charge in [-0.25, -0.2) is 19.2 Å². The number of aromatic nitrogens is 5. The Labute approximate surface area is 275 Å². The summed E-state index contributed by atoms with van der Waals surface area (Å²) in [7, 11) is 0.420. The minimum absolute atomic E-state index is 0.0582. The van der Waals surface area contributed by atoms with Crippen molar-refractivity contribution in [3.63, 3.8) is 0 Å². The molecule has 0 aliphatic carbocycles. The molecule has 14 heteroatoms. The summed E-state index contributed by atoms with van der Waals surface area (Å²) in [6, 6.07) is 8.83. The van der Waals surface area contributed by atoms with Crippen LogP contribution >= 0.6 is 0 Å². The summed E-state index contributed by atoms with van der Waals surface area (Å²) in [5, 5.41) is 15.3. The van der Waals surface area contributed by atoms with Crippen LogP contribution in [0.15, 0.2) is 49.2 Å². The Hall–Kier alpha value is -4.47. The maximum absolute atomic E-state index is 14.6. The first-order valence-corrected chi connectivity index (χ1v) is 19.3. The predicted molar refractivity (Wildman–Crippen MR) is 178 cm³/mol. The fourth-order valence-corrected chi connectivity index (χ4v) is 6.50. The highest BCUT2D eigenvalue weighted by molar-refractivity contribution is 6.76. The van der Waals surface area contributed by atoms with E-state index in [2.05, 4.69) is 50.5 Å². The molecule has 3 aromatic heterocycles. The van der Waals surface area contributed by atoms with Crippen molar-refractivity contribution in [2.24, 2.45) is 0 Å². The zero-order valence-corrected chi connectivity index (χ0v) is 28.3. The van der Waals surface area contributed by atoms with Crippen LogP contribution in [0.5, 0.6) is 0 Å². The van der Waals surface area contributed by atoms with Crippen LogP contribution < -0.4 is 0 Å². The van der Waals surface area contributed by atoms with Crippen molar-refractivity contribution in [1.82, 2.24) is 34.1 Å². The van der Waals surface area contributed by atoms with Gasteiger partial charge >= 0.3 is 0 Å². The van der Waals surface area contributed by atoms with Gasteiger partial charge < -0.3 is 18.9 Å². The Morgan fingerprint density at radius 1 is 1.26 bits per heavy atom. The molecule has 2 atom stereocenters. The predicted octanol–water partition coefficient (Wildman–Crippen LogP) is 5.22. The lowest BCUT2D eigenvalue weighted by Crippen LogP contribution is -2.57. The van der Waals surface area contributed by atoms with E-state index >= 15 is 0 Å². The molecule has 4 aromatic rings. The number of halogens is 1. The molecule has 4 heterocycles. The first kappa shape index (κ1) is 33.9. The van der Waals surface area contributed by atoms with Crippen molar-refractivity contribution in [1.29, 1.82) is 5.26 Å². The minimum Gasteiger partial charge on any atom is -0.383 e. The van der Waals surface area contributed by atoms with Gasteiger partial charge in [0.1, 0.15) is 24.5 Å². The molecule has 1 saturated heterocycles. The van der Waals surface area contributed by atoms with Gasteiger partial charge in [0.25, 0.3) is 5.91 Å². The number of carbonyl (C=O) groups is 1. The largest absolute Gasteiger partial charge is 0.383 e. The van der Waals surface area contributed by atoms with Gasteiger partial charge in [-0.2, -0.15) is 10.4 Å². The number of fused-ring (bicyclic) bond motifs is 1. The van der Waals surface area contributed by atoms with Crippen molar-refractivity contribution in [3.05, 3.63) is 72.0 Å². The van der Waals surface area contributed by atoms with E-state index in [9.17, 15) is 14.4 Å². The zero-order chi connectivity index (χ0) is 33.6. The summed E-state index contributed by atoms with van der Waals surface area (Å²) < 4.78 is 29.9. The summed E-state index contributed by atoms with van der Waals surface area (Å²) in [6.07, 6.45) is 7.39. The Morgan fingerprint density at radius 2 is 2.09 bits per heavy atom. The van der Waals surface area contributed by atoms with E-state index in [1.54, 1.807) is 29.2 Å². The molecule has 0 radical (unpaired) electrons. The van der Waals surface area contributed by atoms with Crippen LogP contribution in [0.4, 0.5) is 10.1 Å². The highest BCUT2D eigenvalue weighted by Crippen LogP contribution is 2.28. The van der Waals surface area contributed by atoms with E-state index in [0.717, 1.165) is 34.4 Å². The number of hydrogen-bond donors (Lipinski definition) is 0. The molecule has 1 aliphatic rings. The van der Waals surface area contributed by atoms with E-state index in [1.807, 2.05) is 23.0 Å². The molecule has 47 heavy (non-hydrogen) atoms. The third kappa shape index (κ3) is 8.09. The number of rotatable bonds is 13. The van der Waals surface area contributed by atoms with Gasteiger partial charge in [0, 0.05) is 71.3 Å². The molecule has 1 amide bonds. The lowest BCUT2D eigenvalue weighted by molar-refractivity contribution is 0.0165. The number of piperazine rings is 1. The van der Waals surface area contributed by atoms with Gasteiger partial charge in [0.05, 0.1) is 55.2 Å². The highest BCUT2D eigenvalue weighted by atomic mass is 28.3. The third-order valence-corrected chi connectivity index (χ3v) is 10.1. The highest BCUT2D eigenvalue weighted by Gasteiger charge is 2.33. The Balaban J connectivity index is 1.29. The lowest BCUT2D eigenvalue weighted by Gasteiger charge is -2.42. The quantitative estimate of drug-likeness (QED) is 0.109. The Bertz CT molecular complexity index is 1790. The maximum Gasteiger partial charge on any atom is 0.256 e. The molecule has 0 N–H and O–H groups in total. The van der Waals surface area contributed by atoms with Crippen LogP contribution in [-0.2, 0) is 16.2 Å². The van der Waals surface area contributed by atoms with Crippen molar-refractivity contribution < 1.29 is 18.7 Å². The molecular weight excluding hydrogens is 618 g/mol. The Kier molecular flexibility index (Phi) is 10.8. The molecule has 0 spiro atoms. The average Bonchev–Trinajstić information content (AvgIpc) is 3.71. The van der Waals surface area contributed by atoms with Gasteiger partial charge in [0.2, 0.25) is 0 Å². The number of nitrogens with zero attached hydrogens (tertiary/aromatic N) is 9. The number of ether oxygens (including phenoxy) is 2. The van der Waals surface area contributed by atoms with E-state index in [0.29, 0.717) is 46.1 Å². The fourth-order valence-electron chi connectivity index (χ4n) is 5.74. The second-order valence-corrected chi connectivity index (χ2v) is 18.6. The molecule has 246 valence electrons. The molecular formula is C33H40FN9O3Si. The monoisotopic (exact) mass is 657 g/mol. The van der Waals surface area contributed by atoms with Gasteiger partial charge in [-0.05, 0) is 18.2 Å². The lowest BCUT2D eigenvalue weighted by atomic mass is 10.1. The second-order valence-electron chi connectivity index (χ2n) is 12.9. The molecule has 2 unspecified atom stereocenters. The molecule has 1 fully saturated rings. The molecule has 1 aliphatic heterocycles. The summed E-state index contributed by atoms with van der Waals surface area (Å²) in [5.74, 6) is -1.13. The van der Waals surface area contributed by atoms with E-state index in [1.165, 1.54) is 12.1 Å².